The summed E-state index contributed by atoms with van der Waals surface area (Å²) in [5.41, 5.74) is 2.09. The van der Waals surface area contributed by atoms with Crippen LogP contribution in [0.15, 0.2) is 38.3 Å². The Labute approximate surface area is 178 Å². The van der Waals surface area contributed by atoms with Gasteiger partial charge < -0.3 is 10.1 Å². The average Bonchev–Trinajstić information content (AvgIpc) is 3.30. The standard InChI is InChI=1S/C19H23BrN2O4S2/c1-13-5-3-6-14(2)18(13)26-12-10-21-19(23)15-7-4-11-22(15)28(24,25)17-9-8-16(20)27-17/h3,5-6,8-9,15H,4,7,10-12H2,1-2H3,(H,21,23)/t15-/m1/s1. The van der Waals surface area contributed by atoms with Gasteiger partial charge >= 0.3 is 0 Å². The van der Waals surface area contributed by atoms with Gasteiger partial charge in [-0.1, -0.05) is 18.2 Å². The van der Waals surface area contributed by atoms with Gasteiger partial charge in [0.2, 0.25) is 5.91 Å². The fourth-order valence-corrected chi connectivity index (χ4v) is 7.11. The molecule has 2 heterocycles. The Balaban J connectivity index is 1.58. The monoisotopic (exact) mass is 486 g/mol. The molecule has 2 aromatic rings. The summed E-state index contributed by atoms with van der Waals surface area (Å²) >= 11 is 4.44. The number of hydrogen-bond donors (Lipinski definition) is 1. The first-order valence-electron chi connectivity index (χ1n) is 9.04. The highest BCUT2D eigenvalue weighted by Gasteiger charge is 2.39. The quantitative estimate of drug-likeness (QED) is 0.607. The van der Waals surface area contributed by atoms with Crippen molar-refractivity contribution in [2.45, 2.75) is 36.9 Å². The molecule has 1 aromatic heterocycles. The summed E-state index contributed by atoms with van der Waals surface area (Å²) < 4.78 is 33.8. The third-order valence-electron chi connectivity index (χ3n) is 4.67. The lowest BCUT2D eigenvalue weighted by Crippen LogP contribution is -2.46. The highest BCUT2D eigenvalue weighted by atomic mass is 79.9. The number of para-hydroxylation sites is 1. The largest absolute Gasteiger partial charge is 0.491 e. The SMILES string of the molecule is Cc1cccc(C)c1OCCNC(=O)[C@H]1CCCN1S(=O)(=O)c1ccc(Br)s1. The Morgan fingerprint density at radius 2 is 2.00 bits per heavy atom. The van der Waals surface area contributed by atoms with E-state index in [4.69, 9.17) is 4.74 Å². The van der Waals surface area contributed by atoms with E-state index in [2.05, 4.69) is 21.2 Å². The van der Waals surface area contributed by atoms with E-state index in [0.717, 1.165) is 32.0 Å². The van der Waals surface area contributed by atoms with Crippen molar-refractivity contribution in [3.63, 3.8) is 0 Å². The van der Waals surface area contributed by atoms with Gasteiger partial charge in [0.05, 0.1) is 10.3 Å². The normalized spacial score (nSPS) is 17.6. The van der Waals surface area contributed by atoms with Crippen LogP contribution in [0.4, 0.5) is 0 Å². The Kier molecular flexibility index (Phi) is 6.80. The van der Waals surface area contributed by atoms with E-state index in [1.807, 2.05) is 32.0 Å². The Bertz CT molecular complexity index is 938. The van der Waals surface area contributed by atoms with Crippen molar-refractivity contribution in [3.05, 3.63) is 45.2 Å². The molecule has 0 radical (unpaired) electrons. The molecule has 3 rings (SSSR count). The summed E-state index contributed by atoms with van der Waals surface area (Å²) in [6.07, 6.45) is 1.19. The maximum atomic E-state index is 12.9. The second-order valence-corrected chi connectivity index (χ2v) is 11.3. The average molecular weight is 487 g/mol. The number of amides is 1. The Hall–Kier alpha value is -1.42. The molecule has 1 atom stereocenters. The van der Waals surface area contributed by atoms with Gasteiger partial charge in [-0.25, -0.2) is 8.42 Å². The Morgan fingerprint density at radius 3 is 2.64 bits per heavy atom. The van der Waals surface area contributed by atoms with E-state index < -0.39 is 16.1 Å². The van der Waals surface area contributed by atoms with Crippen LogP contribution in [-0.4, -0.2) is 44.4 Å². The third kappa shape index (κ3) is 4.59. The number of halogens is 1. The molecule has 0 unspecified atom stereocenters. The van der Waals surface area contributed by atoms with Crippen molar-refractivity contribution in [2.24, 2.45) is 0 Å². The predicted octanol–water partition coefficient (Wildman–Crippen LogP) is 3.48. The first-order valence-corrected chi connectivity index (χ1v) is 12.1. The van der Waals surface area contributed by atoms with Crippen LogP contribution >= 0.6 is 27.3 Å². The van der Waals surface area contributed by atoms with E-state index in [-0.39, 0.29) is 10.1 Å². The fourth-order valence-electron chi connectivity index (χ4n) is 3.31. The van der Waals surface area contributed by atoms with Gasteiger partial charge in [0.1, 0.15) is 22.6 Å². The van der Waals surface area contributed by atoms with Crippen molar-refractivity contribution in [1.29, 1.82) is 0 Å². The van der Waals surface area contributed by atoms with Crippen molar-refractivity contribution < 1.29 is 17.9 Å². The van der Waals surface area contributed by atoms with Gasteiger partial charge in [0, 0.05) is 6.54 Å². The van der Waals surface area contributed by atoms with E-state index in [0.29, 0.717) is 32.5 Å². The lowest BCUT2D eigenvalue weighted by atomic mass is 10.1. The van der Waals surface area contributed by atoms with Crippen molar-refractivity contribution >= 4 is 43.2 Å². The van der Waals surface area contributed by atoms with Gasteiger partial charge in [0.15, 0.2) is 0 Å². The molecule has 0 bridgehead atoms. The van der Waals surface area contributed by atoms with Crippen LogP contribution in [0.25, 0.3) is 0 Å². The summed E-state index contributed by atoms with van der Waals surface area (Å²) in [6.45, 7) is 4.96. The van der Waals surface area contributed by atoms with Gasteiger partial charge in [0.25, 0.3) is 10.0 Å². The molecular formula is C19H23BrN2O4S2. The van der Waals surface area contributed by atoms with E-state index in [1.54, 1.807) is 12.1 Å². The van der Waals surface area contributed by atoms with Crippen LogP contribution in [0, 0.1) is 13.8 Å². The van der Waals surface area contributed by atoms with Crippen LogP contribution in [-0.2, 0) is 14.8 Å². The summed E-state index contributed by atoms with van der Waals surface area (Å²) in [5.74, 6) is 0.548. The molecule has 28 heavy (non-hydrogen) atoms. The van der Waals surface area contributed by atoms with Crippen molar-refractivity contribution in [1.82, 2.24) is 9.62 Å². The zero-order chi connectivity index (χ0) is 20.3. The summed E-state index contributed by atoms with van der Waals surface area (Å²) in [5, 5.41) is 2.82. The molecule has 1 fully saturated rings. The van der Waals surface area contributed by atoms with Crippen molar-refractivity contribution in [2.75, 3.05) is 19.7 Å². The number of nitrogens with one attached hydrogen (secondary N) is 1. The molecule has 1 N–H and O–H groups in total. The molecule has 0 saturated carbocycles. The number of ether oxygens (including phenoxy) is 1. The molecule has 0 aliphatic carbocycles. The highest BCUT2D eigenvalue weighted by molar-refractivity contribution is 9.11. The number of carbonyl (C=O) groups excluding carboxylic acids is 1. The zero-order valence-corrected chi connectivity index (χ0v) is 19.0. The van der Waals surface area contributed by atoms with Crippen LogP contribution < -0.4 is 10.1 Å². The molecule has 152 valence electrons. The number of benzene rings is 1. The number of carbonyl (C=O) groups is 1. The third-order valence-corrected chi connectivity index (χ3v) is 8.67. The summed E-state index contributed by atoms with van der Waals surface area (Å²) in [4.78, 5) is 12.6. The second kappa shape index (κ2) is 8.94. The maximum Gasteiger partial charge on any atom is 0.253 e. The molecule has 1 amide bonds. The van der Waals surface area contributed by atoms with E-state index in [9.17, 15) is 13.2 Å². The number of rotatable bonds is 7. The highest BCUT2D eigenvalue weighted by Crippen LogP contribution is 2.32. The Morgan fingerprint density at radius 1 is 1.29 bits per heavy atom. The minimum Gasteiger partial charge on any atom is -0.491 e. The first-order chi connectivity index (χ1) is 13.3. The van der Waals surface area contributed by atoms with Gasteiger partial charge in [-0.2, -0.15) is 4.31 Å². The van der Waals surface area contributed by atoms with E-state index in [1.165, 1.54) is 4.31 Å². The predicted molar refractivity (Wildman–Crippen MR) is 113 cm³/mol. The van der Waals surface area contributed by atoms with Gasteiger partial charge in [-0.15, -0.1) is 11.3 Å². The molecular weight excluding hydrogens is 464 g/mol. The lowest BCUT2D eigenvalue weighted by molar-refractivity contribution is -0.124. The van der Waals surface area contributed by atoms with Crippen LogP contribution in [0.2, 0.25) is 0 Å². The first kappa shape index (κ1) is 21.3. The second-order valence-electron chi connectivity index (χ2n) is 6.69. The van der Waals surface area contributed by atoms with Crippen LogP contribution in [0.5, 0.6) is 5.75 Å². The number of aryl methyl sites for hydroxylation is 2. The molecule has 1 aliphatic heterocycles. The molecule has 6 nitrogen and oxygen atoms in total. The lowest BCUT2D eigenvalue weighted by Gasteiger charge is -2.22. The van der Waals surface area contributed by atoms with E-state index >= 15 is 0 Å². The topological polar surface area (TPSA) is 75.7 Å². The number of sulfonamides is 1. The van der Waals surface area contributed by atoms with Gasteiger partial charge in [-0.3, -0.25) is 4.79 Å². The molecule has 1 aromatic carbocycles. The molecule has 1 saturated heterocycles. The van der Waals surface area contributed by atoms with Crippen LogP contribution in [0.1, 0.15) is 24.0 Å². The number of nitrogens with zero attached hydrogens (tertiary/aromatic N) is 1. The summed E-state index contributed by atoms with van der Waals surface area (Å²) in [7, 11) is -3.67. The minimum absolute atomic E-state index is 0.248. The zero-order valence-electron chi connectivity index (χ0n) is 15.8. The summed E-state index contributed by atoms with van der Waals surface area (Å²) in [6, 6.07) is 8.52. The minimum atomic E-state index is -3.67. The maximum absolute atomic E-state index is 12.9. The molecule has 9 heteroatoms. The molecule has 0 spiro atoms. The van der Waals surface area contributed by atoms with Gasteiger partial charge in [-0.05, 0) is 65.9 Å². The smallest absolute Gasteiger partial charge is 0.253 e. The fraction of sp³-hybridized carbons (Fsp3) is 0.421. The van der Waals surface area contributed by atoms with Crippen LogP contribution in [0.3, 0.4) is 0 Å². The molecule has 1 aliphatic rings. The number of hydrogen-bond acceptors (Lipinski definition) is 5. The van der Waals surface area contributed by atoms with Crippen molar-refractivity contribution in [3.8, 4) is 5.75 Å². The number of thiophene rings is 1.